The maximum Gasteiger partial charge on any atom is 0.431 e. The zero-order valence-electron chi connectivity index (χ0n) is 10.6. The van der Waals surface area contributed by atoms with Gasteiger partial charge in [-0.1, -0.05) is 0 Å². The van der Waals surface area contributed by atoms with Crippen molar-refractivity contribution in [3.05, 3.63) is 11.8 Å². The van der Waals surface area contributed by atoms with Gasteiger partial charge in [-0.2, -0.15) is 13.2 Å². The van der Waals surface area contributed by atoms with E-state index in [-0.39, 0.29) is 0 Å². The van der Waals surface area contributed by atoms with Gasteiger partial charge in [0.2, 0.25) is 0 Å². The van der Waals surface area contributed by atoms with Crippen LogP contribution in [0.2, 0.25) is 0 Å². The molecule has 6 nitrogen and oxygen atoms in total. The lowest BCUT2D eigenvalue weighted by molar-refractivity contribution is -0.0959. The van der Waals surface area contributed by atoms with Crippen molar-refractivity contribution in [2.24, 2.45) is 0 Å². The van der Waals surface area contributed by atoms with Gasteiger partial charge in [-0.05, 0) is 6.92 Å². The molecular weight excluding hydrogens is 265 g/mol. The molecule has 0 aromatic heterocycles. The summed E-state index contributed by atoms with van der Waals surface area (Å²) < 4.78 is 37.5. The molecule has 1 aliphatic heterocycles. The van der Waals surface area contributed by atoms with E-state index in [1.165, 1.54) is 14.0 Å². The lowest BCUT2D eigenvalue weighted by Crippen LogP contribution is -2.40. The normalized spacial score (nSPS) is 25.0. The van der Waals surface area contributed by atoms with Crippen molar-refractivity contribution in [1.29, 1.82) is 5.41 Å². The number of carbonyl (C=O) groups is 1. The first-order valence-corrected chi connectivity index (χ1v) is 5.40. The van der Waals surface area contributed by atoms with E-state index >= 15 is 0 Å². The minimum absolute atomic E-state index is 0.465. The molecule has 9 heteroatoms. The van der Waals surface area contributed by atoms with Gasteiger partial charge in [0.1, 0.15) is 11.5 Å². The number of allylic oxidation sites excluding steroid dienone is 1. The number of hydrogen-bond donors (Lipinski definition) is 3. The SMILES string of the molecule is CN/C(=C\C(=N)N1C(=O)N(C)C(C)C1O)C(F)(F)F. The number of alkyl halides is 3. The Morgan fingerprint density at radius 2 is 2.05 bits per heavy atom. The van der Waals surface area contributed by atoms with Crippen LogP contribution < -0.4 is 5.32 Å². The predicted octanol–water partition coefficient (Wildman–Crippen LogP) is 0.704. The fourth-order valence-corrected chi connectivity index (χ4v) is 1.62. The first-order chi connectivity index (χ1) is 8.61. The van der Waals surface area contributed by atoms with E-state index in [0.29, 0.717) is 11.0 Å². The van der Waals surface area contributed by atoms with E-state index in [1.54, 1.807) is 0 Å². The fraction of sp³-hybridized carbons (Fsp3) is 0.600. The number of aliphatic hydroxyl groups excluding tert-OH is 1. The van der Waals surface area contributed by atoms with Crippen LogP contribution in [0.5, 0.6) is 0 Å². The molecule has 108 valence electrons. The van der Waals surface area contributed by atoms with Crippen LogP contribution in [0.3, 0.4) is 0 Å². The van der Waals surface area contributed by atoms with E-state index in [2.05, 4.69) is 0 Å². The predicted molar refractivity (Wildman–Crippen MR) is 61.4 cm³/mol. The number of hydrogen-bond acceptors (Lipinski definition) is 4. The van der Waals surface area contributed by atoms with Crippen LogP contribution in [0.1, 0.15) is 6.92 Å². The van der Waals surface area contributed by atoms with E-state index in [4.69, 9.17) is 5.41 Å². The number of amidine groups is 1. The molecular formula is C10H15F3N4O2. The molecule has 2 amide bonds. The average Bonchev–Trinajstić information content (AvgIpc) is 2.49. The van der Waals surface area contributed by atoms with Crippen LogP contribution in [0.4, 0.5) is 18.0 Å². The summed E-state index contributed by atoms with van der Waals surface area (Å²) in [5, 5.41) is 19.2. The number of aliphatic hydroxyl groups is 1. The molecule has 1 rings (SSSR count). The van der Waals surface area contributed by atoms with Gasteiger partial charge in [0.25, 0.3) is 0 Å². The number of likely N-dealkylation sites (N-methyl/N-ethyl adjacent to an activating group) is 1. The number of urea groups is 1. The third kappa shape index (κ3) is 2.80. The molecule has 0 aromatic rings. The van der Waals surface area contributed by atoms with Gasteiger partial charge < -0.3 is 15.3 Å². The summed E-state index contributed by atoms with van der Waals surface area (Å²) >= 11 is 0. The van der Waals surface area contributed by atoms with Gasteiger partial charge in [-0.25, -0.2) is 9.69 Å². The third-order valence-corrected chi connectivity index (χ3v) is 2.93. The summed E-state index contributed by atoms with van der Waals surface area (Å²) in [5.41, 5.74) is -1.17. The van der Waals surface area contributed by atoms with E-state index in [9.17, 15) is 23.1 Å². The lowest BCUT2D eigenvalue weighted by Gasteiger charge is -2.20. The van der Waals surface area contributed by atoms with Gasteiger partial charge in [-0.15, -0.1) is 0 Å². The van der Waals surface area contributed by atoms with E-state index in [0.717, 1.165) is 11.9 Å². The Balaban J connectivity index is 3.02. The standard InChI is InChI=1S/C10H15F3N4O2/c1-5-8(18)17(9(19)16(5)3)7(14)4-6(15-2)10(11,12)13/h4-5,8,14-15,18H,1-3H3/b6-4-,14-7?. The molecule has 3 N–H and O–H groups in total. The number of nitrogens with one attached hydrogen (secondary N) is 2. The number of halogens is 3. The first kappa shape index (κ1) is 15.3. The summed E-state index contributed by atoms with van der Waals surface area (Å²) in [5.74, 6) is -0.727. The zero-order chi connectivity index (χ0) is 15.0. The molecule has 0 radical (unpaired) electrons. The summed E-state index contributed by atoms with van der Waals surface area (Å²) in [7, 11) is 2.46. The van der Waals surface area contributed by atoms with Crippen LogP contribution in [0.25, 0.3) is 0 Å². The van der Waals surface area contributed by atoms with Crippen molar-refractivity contribution >= 4 is 11.9 Å². The van der Waals surface area contributed by atoms with E-state index < -0.39 is 36.0 Å². The topological polar surface area (TPSA) is 79.7 Å². The highest BCUT2D eigenvalue weighted by molar-refractivity contribution is 6.03. The molecule has 1 heterocycles. The summed E-state index contributed by atoms with van der Waals surface area (Å²) in [4.78, 5) is 13.5. The highest BCUT2D eigenvalue weighted by Gasteiger charge is 2.43. The van der Waals surface area contributed by atoms with Crippen molar-refractivity contribution in [1.82, 2.24) is 15.1 Å². The molecule has 0 saturated carbocycles. The number of amides is 2. The van der Waals surface area contributed by atoms with Crippen LogP contribution >= 0.6 is 0 Å². The quantitative estimate of drug-likeness (QED) is 0.514. The molecule has 0 spiro atoms. The summed E-state index contributed by atoms with van der Waals surface area (Å²) in [6.45, 7) is 1.53. The monoisotopic (exact) mass is 280 g/mol. The van der Waals surface area contributed by atoms with Gasteiger partial charge in [0.05, 0.1) is 6.04 Å². The Morgan fingerprint density at radius 1 is 1.53 bits per heavy atom. The van der Waals surface area contributed by atoms with Crippen LogP contribution in [0.15, 0.2) is 11.8 Å². The van der Waals surface area contributed by atoms with Gasteiger partial charge in [-0.3, -0.25) is 5.41 Å². The molecule has 2 unspecified atom stereocenters. The first-order valence-electron chi connectivity index (χ1n) is 5.40. The molecule has 1 aliphatic rings. The van der Waals surface area contributed by atoms with Crippen LogP contribution in [0, 0.1) is 5.41 Å². The second-order valence-electron chi connectivity index (χ2n) is 4.11. The molecule has 0 aliphatic carbocycles. The van der Waals surface area contributed by atoms with Crippen LogP contribution in [-0.2, 0) is 0 Å². The minimum Gasteiger partial charge on any atom is -0.384 e. The second kappa shape index (κ2) is 5.08. The van der Waals surface area contributed by atoms with Crippen molar-refractivity contribution in [3.8, 4) is 0 Å². The van der Waals surface area contributed by atoms with Gasteiger partial charge in [0.15, 0.2) is 6.23 Å². The van der Waals surface area contributed by atoms with E-state index in [1.807, 2.05) is 5.32 Å². The highest BCUT2D eigenvalue weighted by Crippen LogP contribution is 2.25. The maximum absolute atomic E-state index is 12.5. The summed E-state index contributed by atoms with van der Waals surface area (Å²) in [6.07, 6.45) is -5.55. The number of carbonyl (C=O) groups excluding carboxylic acids is 1. The molecule has 19 heavy (non-hydrogen) atoms. The molecule has 2 atom stereocenters. The zero-order valence-corrected chi connectivity index (χ0v) is 10.6. The molecule has 1 fully saturated rings. The molecule has 0 bridgehead atoms. The van der Waals surface area contributed by atoms with Crippen molar-refractivity contribution in [2.45, 2.75) is 25.4 Å². The van der Waals surface area contributed by atoms with Crippen molar-refractivity contribution < 1.29 is 23.1 Å². The Hall–Kier alpha value is -1.77. The lowest BCUT2D eigenvalue weighted by atomic mass is 10.3. The van der Waals surface area contributed by atoms with Crippen molar-refractivity contribution in [3.63, 3.8) is 0 Å². The Labute approximate surface area is 108 Å². The second-order valence-corrected chi connectivity index (χ2v) is 4.11. The molecule has 0 aromatic carbocycles. The largest absolute Gasteiger partial charge is 0.431 e. The Morgan fingerprint density at radius 3 is 2.37 bits per heavy atom. The third-order valence-electron chi connectivity index (χ3n) is 2.93. The Bertz CT molecular complexity index is 421. The summed E-state index contributed by atoms with van der Waals surface area (Å²) in [6, 6.07) is -1.33. The minimum atomic E-state index is -4.66. The number of rotatable bonds is 2. The molecule has 1 saturated heterocycles. The van der Waals surface area contributed by atoms with Gasteiger partial charge >= 0.3 is 12.2 Å². The Kier molecular flexibility index (Phi) is 4.09. The highest BCUT2D eigenvalue weighted by atomic mass is 19.4. The maximum atomic E-state index is 12.5. The van der Waals surface area contributed by atoms with Gasteiger partial charge in [0, 0.05) is 20.2 Å². The average molecular weight is 280 g/mol. The fourth-order valence-electron chi connectivity index (χ4n) is 1.62. The van der Waals surface area contributed by atoms with Crippen molar-refractivity contribution in [2.75, 3.05) is 14.1 Å². The van der Waals surface area contributed by atoms with Crippen LogP contribution in [-0.4, -0.2) is 59.3 Å². The smallest absolute Gasteiger partial charge is 0.384 e. The number of nitrogens with zero attached hydrogens (tertiary/aromatic N) is 2.